The fourth-order valence-corrected chi connectivity index (χ4v) is 3.56. The first kappa shape index (κ1) is 18.3. The maximum Gasteiger partial charge on any atom is 0.239 e. The first-order chi connectivity index (χ1) is 12.1. The quantitative estimate of drug-likeness (QED) is 0.845. The molecule has 0 unspecified atom stereocenters. The van der Waals surface area contributed by atoms with Gasteiger partial charge in [-0.1, -0.05) is 30.3 Å². The van der Waals surface area contributed by atoms with Crippen molar-refractivity contribution in [3.63, 3.8) is 0 Å². The Morgan fingerprint density at radius 2 is 1.72 bits per heavy atom. The minimum absolute atomic E-state index is 0.0784. The van der Waals surface area contributed by atoms with Crippen LogP contribution in [0.2, 0.25) is 0 Å². The van der Waals surface area contributed by atoms with E-state index in [2.05, 4.69) is 9.80 Å². The molecule has 0 aliphatic carbocycles. The van der Waals surface area contributed by atoms with Gasteiger partial charge in [-0.15, -0.1) is 0 Å². The van der Waals surface area contributed by atoms with Crippen LogP contribution < -0.4 is 0 Å². The summed E-state index contributed by atoms with van der Waals surface area (Å²) in [7, 11) is 0. The zero-order valence-corrected chi connectivity index (χ0v) is 15.0. The highest BCUT2D eigenvalue weighted by Crippen LogP contribution is 2.16. The lowest BCUT2D eigenvalue weighted by molar-refractivity contribution is -0.140. The molecule has 2 fully saturated rings. The second-order valence-corrected chi connectivity index (χ2v) is 6.88. The zero-order valence-electron chi connectivity index (χ0n) is 15.0. The summed E-state index contributed by atoms with van der Waals surface area (Å²) in [5, 5.41) is 10.4. The third kappa shape index (κ3) is 4.79. The van der Waals surface area contributed by atoms with Crippen LogP contribution in [0.1, 0.15) is 18.6 Å². The number of aliphatic hydroxyl groups excluding tert-OH is 1. The van der Waals surface area contributed by atoms with E-state index in [9.17, 15) is 9.90 Å². The monoisotopic (exact) mass is 347 g/mol. The summed E-state index contributed by atoms with van der Waals surface area (Å²) >= 11 is 0. The van der Waals surface area contributed by atoms with E-state index in [4.69, 9.17) is 4.74 Å². The van der Waals surface area contributed by atoms with E-state index in [-0.39, 0.29) is 11.9 Å². The van der Waals surface area contributed by atoms with Gasteiger partial charge in [0.1, 0.15) is 0 Å². The molecule has 1 aromatic carbocycles. The zero-order chi connectivity index (χ0) is 17.6. The Balaban J connectivity index is 1.45. The molecule has 0 spiro atoms. The predicted molar refractivity (Wildman–Crippen MR) is 96.3 cm³/mol. The smallest absolute Gasteiger partial charge is 0.239 e. The van der Waals surface area contributed by atoms with Gasteiger partial charge in [-0.05, 0) is 12.5 Å². The van der Waals surface area contributed by atoms with Crippen molar-refractivity contribution in [3.8, 4) is 0 Å². The van der Waals surface area contributed by atoms with E-state index in [0.717, 1.165) is 44.8 Å². The molecule has 2 aliphatic heterocycles. The van der Waals surface area contributed by atoms with Gasteiger partial charge in [-0.3, -0.25) is 14.6 Å². The molecule has 2 aliphatic rings. The summed E-state index contributed by atoms with van der Waals surface area (Å²) in [6, 6.07) is 9.68. The summed E-state index contributed by atoms with van der Waals surface area (Å²) in [5.74, 6) is 0.213. The predicted octanol–water partition coefficient (Wildman–Crippen LogP) is 0.585. The van der Waals surface area contributed by atoms with E-state index in [0.29, 0.717) is 19.8 Å². The number of benzene rings is 1. The molecule has 3 rings (SSSR count). The highest BCUT2D eigenvalue weighted by Gasteiger charge is 2.29. The third-order valence-electron chi connectivity index (χ3n) is 5.25. The Labute approximate surface area is 150 Å². The number of carbonyl (C=O) groups is 1. The van der Waals surface area contributed by atoms with E-state index >= 15 is 0 Å². The number of morpholine rings is 1. The van der Waals surface area contributed by atoms with Gasteiger partial charge in [0.15, 0.2) is 0 Å². The van der Waals surface area contributed by atoms with E-state index in [1.54, 1.807) is 0 Å². The minimum atomic E-state index is -0.476. The van der Waals surface area contributed by atoms with Crippen LogP contribution in [0.25, 0.3) is 0 Å². The normalized spacial score (nSPS) is 22.6. The van der Waals surface area contributed by atoms with Crippen molar-refractivity contribution in [2.24, 2.45) is 0 Å². The molecular formula is C19H29N3O3. The summed E-state index contributed by atoms with van der Waals surface area (Å²) in [6.45, 7) is 8.78. The minimum Gasteiger partial charge on any atom is -0.387 e. The molecule has 6 nitrogen and oxygen atoms in total. The van der Waals surface area contributed by atoms with Crippen LogP contribution in [0.15, 0.2) is 30.3 Å². The number of nitrogens with zero attached hydrogens (tertiary/aromatic N) is 3. The van der Waals surface area contributed by atoms with Crippen molar-refractivity contribution in [2.75, 3.05) is 59.0 Å². The molecule has 6 heteroatoms. The summed E-state index contributed by atoms with van der Waals surface area (Å²) in [4.78, 5) is 19.1. The lowest BCUT2D eigenvalue weighted by Crippen LogP contribution is -2.56. The maximum atomic E-state index is 12.7. The fraction of sp³-hybridized carbons (Fsp3) is 0.632. The number of hydrogen-bond donors (Lipinski definition) is 1. The molecule has 138 valence electrons. The number of amides is 1. The molecule has 25 heavy (non-hydrogen) atoms. The molecular weight excluding hydrogens is 318 g/mol. The number of ether oxygens (including phenoxy) is 1. The number of rotatable bonds is 5. The lowest BCUT2D eigenvalue weighted by atomic mass is 10.1. The Bertz CT molecular complexity index is 540. The van der Waals surface area contributed by atoms with Gasteiger partial charge in [0, 0.05) is 45.8 Å². The summed E-state index contributed by atoms with van der Waals surface area (Å²) < 4.78 is 5.37. The molecule has 0 saturated carbocycles. The Morgan fingerprint density at radius 3 is 2.36 bits per heavy atom. The van der Waals surface area contributed by atoms with Crippen molar-refractivity contribution in [1.82, 2.24) is 14.7 Å². The Morgan fingerprint density at radius 1 is 1.08 bits per heavy atom. The molecule has 2 heterocycles. The van der Waals surface area contributed by atoms with Crippen LogP contribution in [-0.4, -0.2) is 90.8 Å². The first-order valence-corrected chi connectivity index (χ1v) is 9.21. The third-order valence-corrected chi connectivity index (χ3v) is 5.25. The summed E-state index contributed by atoms with van der Waals surface area (Å²) in [6.07, 6.45) is -0.476. The molecule has 1 aromatic rings. The van der Waals surface area contributed by atoms with Gasteiger partial charge in [0.05, 0.1) is 25.4 Å². The highest BCUT2D eigenvalue weighted by atomic mass is 16.5. The van der Waals surface area contributed by atoms with Crippen molar-refractivity contribution >= 4 is 5.91 Å². The second kappa shape index (κ2) is 8.76. The largest absolute Gasteiger partial charge is 0.387 e. The highest BCUT2D eigenvalue weighted by molar-refractivity contribution is 5.81. The van der Waals surface area contributed by atoms with Crippen molar-refractivity contribution in [1.29, 1.82) is 0 Å². The second-order valence-electron chi connectivity index (χ2n) is 6.88. The number of aliphatic hydroxyl groups is 1. The lowest BCUT2D eigenvalue weighted by Gasteiger charge is -2.39. The van der Waals surface area contributed by atoms with Crippen molar-refractivity contribution < 1.29 is 14.6 Å². The van der Waals surface area contributed by atoms with Gasteiger partial charge in [0.25, 0.3) is 0 Å². The summed E-state index contributed by atoms with van der Waals surface area (Å²) in [5.41, 5.74) is 0.946. The molecule has 0 aromatic heterocycles. The molecule has 2 saturated heterocycles. The van der Waals surface area contributed by atoms with Crippen LogP contribution in [0.5, 0.6) is 0 Å². The number of hydrogen-bond acceptors (Lipinski definition) is 5. The number of β-amino-alcohol motifs (C(OH)–C–C–N with tert-alkyl or cyclic N) is 1. The Kier molecular flexibility index (Phi) is 6.42. The van der Waals surface area contributed by atoms with Crippen molar-refractivity contribution in [3.05, 3.63) is 35.9 Å². The van der Waals surface area contributed by atoms with Gasteiger partial charge >= 0.3 is 0 Å². The van der Waals surface area contributed by atoms with Crippen LogP contribution in [0, 0.1) is 0 Å². The molecule has 1 amide bonds. The molecule has 1 N–H and O–H groups in total. The molecule has 0 bridgehead atoms. The fourth-order valence-electron chi connectivity index (χ4n) is 3.56. The Hall–Kier alpha value is -1.47. The standard InChI is InChI=1S/C19H29N3O3/c1-16(21-11-13-25-14-12-21)19(24)22-9-7-20(8-10-22)15-18(23)17-5-3-2-4-6-17/h2-6,16,18,23H,7-15H2,1H3/t16-,18-/m1/s1. The SMILES string of the molecule is C[C@H](C(=O)N1CCN(C[C@@H](O)c2ccccc2)CC1)N1CCOCC1. The van der Waals surface area contributed by atoms with Crippen LogP contribution in [-0.2, 0) is 9.53 Å². The van der Waals surface area contributed by atoms with Crippen LogP contribution >= 0.6 is 0 Å². The van der Waals surface area contributed by atoms with Crippen LogP contribution in [0.4, 0.5) is 0 Å². The number of carbonyl (C=O) groups excluding carboxylic acids is 1. The van der Waals surface area contributed by atoms with Crippen molar-refractivity contribution in [2.45, 2.75) is 19.1 Å². The van der Waals surface area contributed by atoms with E-state index in [1.807, 2.05) is 42.2 Å². The van der Waals surface area contributed by atoms with Crippen LogP contribution in [0.3, 0.4) is 0 Å². The van der Waals surface area contributed by atoms with Gasteiger partial charge in [0.2, 0.25) is 5.91 Å². The average Bonchev–Trinajstić information content (AvgIpc) is 2.69. The molecule has 0 radical (unpaired) electrons. The van der Waals surface area contributed by atoms with Gasteiger partial charge in [-0.25, -0.2) is 0 Å². The van der Waals surface area contributed by atoms with Gasteiger partial charge < -0.3 is 14.7 Å². The van der Waals surface area contributed by atoms with Gasteiger partial charge in [-0.2, -0.15) is 0 Å². The average molecular weight is 347 g/mol. The molecule has 2 atom stereocenters. The first-order valence-electron chi connectivity index (χ1n) is 9.21. The van der Waals surface area contributed by atoms with E-state index < -0.39 is 6.10 Å². The topological polar surface area (TPSA) is 56.2 Å². The maximum absolute atomic E-state index is 12.7. The number of piperazine rings is 1. The van der Waals surface area contributed by atoms with E-state index in [1.165, 1.54) is 0 Å².